The minimum Gasteiger partial charge on any atom is -0.647 e. The molecule has 12 heteroatoms. The van der Waals surface area contributed by atoms with Crippen LogP contribution < -0.4 is 0 Å². The summed E-state index contributed by atoms with van der Waals surface area (Å²) in [5.74, 6) is 5.56. The van der Waals surface area contributed by atoms with Gasteiger partial charge in [-0.2, -0.15) is 77.0 Å². The summed E-state index contributed by atoms with van der Waals surface area (Å²) >= 11 is 0. The first-order valence-electron chi connectivity index (χ1n) is 45.1. The zero-order valence-corrected chi connectivity index (χ0v) is 72.4. The fraction of sp³-hybridized carbons (Fsp3) is 0.911. The average Bonchev–Trinajstić information content (AvgIpc) is 0.790. The van der Waals surface area contributed by atoms with Gasteiger partial charge in [0.15, 0.2) is 0 Å². The van der Waals surface area contributed by atoms with Gasteiger partial charge in [0.1, 0.15) is 0 Å². The van der Waals surface area contributed by atoms with E-state index < -0.39 is 0 Å². The molecule has 16 aliphatic rings. The van der Waals surface area contributed by atoms with E-state index in [-0.39, 0.29) is 63.2 Å². The third-order valence-electron chi connectivity index (χ3n) is 27.3. The summed E-state index contributed by atoms with van der Waals surface area (Å²) in [4.78, 5) is 8.67. The van der Waals surface area contributed by atoms with Crippen molar-refractivity contribution in [1.82, 2.24) is 14.7 Å². The third kappa shape index (κ3) is 33.3. The van der Waals surface area contributed by atoms with Crippen LogP contribution in [0.1, 0.15) is 392 Å². The molecule has 10 saturated carbocycles. The maximum atomic E-state index is 5.29. The molecule has 5 saturated heterocycles. The van der Waals surface area contributed by atoms with Crippen molar-refractivity contribution in [3.05, 3.63) is 82.6 Å². The number of rotatable bonds is 12. The minimum atomic E-state index is 0. The molecule has 9 nitrogen and oxygen atoms in total. The Labute approximate surface area is 676 Å². The fourth-order valence-corrected chi connectivity index (χ4v) is 21.5. The van der Waals surface area contributed by atoms with Gasteiger partial charge in [-0.15, -0.1) is 45.3 Å². The van der Waals surface area contributed by atoms with E-state index in [9.17, 15) is 0 Å². The van der Waals surface area contributed by atoms with Crippen LogP contribution in [0, 0.1) is 74.0 Å². The van der Waals surface area contributed by atoms with Crippen molar-refractivity contribution in [3.8, 4) is 0 Å². The normalized spacial score (nSPS) is 35.6. The van der Waals surface area contributed by atoms with Crippen molar-refractivity contribution in [2.75, 3.05) is 39.3 Å². The van der Waals surface area contributed by atoms with E-state index in [4.69, 9.17) is 31.9 Å². The quantitative estimate of drug-likeness (QED) is 0.144. The van der Waals surface area contributed by atoms with Crippen LogP contribution in [0.25, 0.3) is 31.9 Å². The van der Waals surface area contributed by atoms with Crippen LogP contribution >= 0.6 is 0 Å². The van der Waals surface area contributed by atoms with Gasteiger partial charge in [0.05, 0.1) is 0 Å². The van der Waals surface area contributed by atoms with E-state index in [1.54, 1.807) is 0 Å². The molecule has 592 valence electrons. The number of hydrogen-bond donors (Lipinski definition) is 0. The monoisotopic (exact) mass is 1950 g/mol. The Balaban J connectivity index is 0.000000300. The molecule has 0 N–H and O–H groups in total. The molecular weight excluding hydrogens is 1790 g/mol. The summed E-state index contributed by atoms with van der Waals surface area (Å²) in [6.07, 6.45) is 106. The first-order valence-corrected chi connectivity index (χ1v) is 45.1. The Kier molecular flexibility index (Phi) is 50.3. The zero-order chi connectivity index (χ0) is 67.7. The first-order chi connectivity index (χ1) is 49.2. The Bertz CT molecular complexity index is 1680. The molecule has 8 atom stereocenters. The first kappa shape index (κ1) is 90.6. The van der Waals surface area contributed by atoms with Gasteiger partial charge in [0.2, 0.25) is 0 Å². The molecule has 0 aromatic carbocycles. The Hall–Kier alpha value is 1.44. The van der Waals surface area contributed by atoms with Crippen LogP contribution in [0.5, 0.6) is 0 Å². The smallest absolute Gasteiger partial charge is 0.647 e. The fourth-order valence-electron chi connectivity index (χ4n) is 21.5. The SMILES string of the molecule is C1=CCC(N(C2CCC(C3CC(C4CCC(N(C5CCCC[N-]5)C5CCCC[N-]5)CC4)CC(C4CCC(N(C5CCCC[N-]5)C5CCCC[N-]5)CC4)C3)CC2)C2CCCC[N-]2)[N-]C1.[CH-]1CCCCC1.[CH-]1CCCCC1.[CH-]1CCCCC1.[CH-]1CCCCC1.[CH-]1CCCCC1.[CH-]1CCCCC1.[Pt+4].[Pt+4].[Pt+4]. The molecule has 8 unspecified atom stereocenters. The van der Waals surface area contributed by atoms with Crippen LogP contribution in [0.2, 0.25) is 0 Å². The number of piperidine rings is 5. The van der Waals surface area contributed by atoms with E-state index in [0.29, 0.717) is 55.1 Å². The molecule has 0 spiro atoms. The van der Waals surface area contributed by atoms with Gasteiger partial charge >= 0.3 is 63.2 Å². The Morgan fingerprint density at radius 1 is 0.206 bits per heavy atom. The standard InChI is InChI=1S/C54H91N9.6C6H11.3Pt/c1-7-31-55-49(13-1)61(50-14-2-8-32-56-50)46-25-19-40(20-26-46)43-37-44(41-21-27-47(28-22-41)62(51-15-3-9-33-57-51)52-16-4-10-34-58-52)39-45(38-43)42-23-29-48(30-24-42)63(53-17-5-11-35-59-53)54-18-6-12-36-60-54;6*1-2-4-6-5-3-1;;;/h1,7,40-54H,2-6,8-39H2;6*1H,2-6H2;;;/q-6;6*-1;3*+4. The summed E-state index contributed by atoms with van der Waals surface area (Å²) < 4.78 is 0. The maximum Gasteiger partial charge on any atom is 4.00 e. The summed E-state index contributed by atoms with van der Waals surface area (Å²) in [6.45, 7) is 6.24. The maximum absolute atomic E-state index is 5.29. The molecule has 0 aromatic heterocycles. The minimum absolute atomic E-state index is 0. The molecule has 15 fully saturated rings. The van der Waals surface area contributed by atoms with Crippen molar-refractivity contribution in [1.29, 1.82) is 0 Å². The van der Waals surface area contributed by atoms with Gasteiger partial charge in [-0.1, -0.05) is 255 Å². The summed E-state index contributed by atoms with van der Waals surface area (Å²) in [6, 6.07) is 2.06. The average molecular weight is 1950 g/mol. The third-order valence-corrected chi connectivity index (χ3v) is 27.3. The molecule has 0 amide bonds. The van der Waals surface area contributed by atoms with Crippen molar-refractivity contribution in [2.24, 2.45) is 35.5 Å². The van der Waals surface area contributed by atoms with Crippen LogP contribution in [0.15, 0.2) is 12.2 Å². The number of nitrogens with zero attached hydrogens (tertiary/aromatic N) is 9. The van der Waals surface area contributed by atoms with Crippen LogP contribution in [-0.2, 0) is 63.2 Å². The van der Waals surface area contributed by atoms with Gasteiger partial charge in [-0.25, -0.2) is 0 Å². The second-order valence-electron chi connectivity index (χ2n) is 34.6. The molecule has 6 aliphatic heterocycles. The van der Waals surface area contributed by atoms with E-state index in [0.717, 1.165) is 81.2 Å². The van der Waals surface area contributed by atoms with Gasteiger partial charge in [0, 0.05) is 18.1 Å². The van der Waals surface area contributed by atoms with Crippen molar-refractivity contribution in [3.63, 3.8) is 0 Å². The van der Waals surface area contributed by atoms with Gasteiger partial charge < -0.3 is 85.1 Å². The van der Waals surface area contributed by atoms with Crippen molar-refractivity contribution < 1.29 is 63.2 Å². The van der Waals surface area contributed by atoms with Crippen LogP contribution in [0.3, 0.4) is 0 Å². The predicted octanol–water partition coefficient (Wildman–Crippen LogP) is 26.6. The van der Waals surface area contributed by atoms with Crippen LogP contribution in [0.4, 0.5) is 0 Å². The molecule has 0 bridgehead atoms. The van der Waals surface area contributed by atoms with E-state index in [2.05, 4.69) is 65.4 Å². The van der Waals surface area contributed by atoms with Crippen LogP contribution in [-0.4, -0.2) is 109 Å². The van der Waals surface area contributed by atoms with E-state index in [1.807, 2.05) is 0 Å². The topological polar surface area (TPSA) is 94.3 Å². The van der Waals surface area contributed by atoms with Crippen molar-refractivity contribution >= 4 is 0 Å². The summed E-state index contributed by atoms with van der Waals surface area (Å²) in [5.41, 5.74) is 0. The largest absolute Gasteiger partial charge is 4.00 e. The second kappa shape index (κ2) is 56.6. The molecule has 6 heterocycles. The van der Waals surface area contributed by atoms with Gasteiger partial charge in [0.25, 0.3) is 0 Å². The summed E-state index contributed by atoms with van der Waals surface area (Å²) in [5, 5.41) is 31.6. The van der Waals surface area contributed by atoms with Crippen molar-refractivity contribution in [2.45, 2.75) is 447 Å². The summed E-state index contributed by atoms with van der Waals surface area (Å²) in [7, 11) is 0. The van der Waals surface area contributed by atoms with Gasteiger partial charge in [-0.05, 0) is 138 Å². The molecule has 16 rings (SSSR count). The Morgan fingerprint density at radius 3 is 0.598 bits per heavy atom. The molecule has 102 heavy (non-hydrogen) atoms. The zero-order valence-electron chi connectivity index (χ0n) is 65.6. The molecule has 0 aromatic rings. The Morgan fingerprint density at radius 2 is 0.431 bits per heavy atom. The second-order valence-corrected chi connectivity index (χ2v) is 34.6. The predicted molar refractivity (Wildman–Crippen MR) is 426 cm³/mol. The number of hydrogen-bond acceptors (Lipinski definition) is 3. The molecule has 10 aliphatic carbocycles. The molecular formula is C90H157N9Pt3. The molecule has 0 radical (unpaired) electrons. The van der Waals surface area contributed by atoms with E-state index >= 15 is 0 Å². The van der Waals surface area contributed by atoms with E-state index in [1.165, 1.54) is 385 Å². The van der Waals surface area contributed by atoms with Gasteiger partial charge in [-0.3, -0.25) is 0 Å².